The van der Waals surface area contributed by atoms with E-state index in [-0.39, 0.29) is 5.91 Å². The molecule has 0 saturated heterocycles. The highest BCUT2D eigenvalue weighted by atomic mass is 32.1. The molecule has 0 aliphatic heterocycles. The number of hydrogen-bond donors (Lipinski definition) is 2. The summed E-state index contributed by atoms with van der Waals surface area (Å²) in [6.45, 7) is 5.84. The molecule has 0 aliphatic carbocycles. The molecule has 0 unspecified atom stereocenters. The molecule has 0 spiro atoms. The van der Waals surface area contributed by atoms with Gasteiger partial charge in [-0.15, -0.1) is 10.2 Å². The van der Waals surface area contributed by atoms with E-state index < -0.39 is 5.41 Å². The first-order valence-corrected chi connectivity index (χ1v) is 7.75. The minimum atomic E-state index is -0.662. The van der Waals surface area contributed by atoms with Gasteiger partial charge in [0, 0.05) is 12.1 Å². The van der Waals surface area contributed by atoms with Crippen LogP contribution in [0.2, 0.25) is 0 Å². The normalized spacial score (nSPS) is 11.4. The summed E-state index contributed by atoms with van der Waals surface area (Å²) in [5.41, 5.74) is 6.61. The van der Waals surface area contributed by atoms with E-state index in [1.54, 1.807) is 12.1 Å². The number of rotatable bonds is 5. The molecule has 0 aliphatic rings. The molecule has 1 aromatic heterocycles. The van der Waals surface area contributed by atoms with Gasteiger partial charge in [0.15, 0.2) is 0 Å². The zero-order valence-corrected chi connectivity index (χ0v) is 13.3. The van der Waals surface area contributed by atoms with Gasteiger partial charge in [0.05, 0.1) is 5.41 Å². The number of aromatic nitrogens is 2. The summed E-state index contributed by atoms with van der Waals surface area (Å²) in [6, 6.07) is 7.35. The van der Waals surface area contributed by atoms with Gasteiger partial charge in [-0.1, -0.05) is 30.4 Å². The third-order valence-corrected chi connectivity index (χ3v) is 4.25. The summed E-state index contributed by atoms with van der Waals surface area (Å²) < 4.78 is 0. The third kappa shape index (κ3) is 3.58. The van der Waals surface area contributed by atoms with E-state index in [2.05, 4.69) is 22.4 Å². The maximum absolute atomic E-state index is 12.5. The van der Waals surface area contributed by atoms with Gasteiger partial charge >= 0.3 is 0 Å². The van der Waals surface area contributed by atoms with E-state index in [1.807, 2.05) is 26.0 Å². The molecule has 2 rings (SSSR count). The van der Waals surface area contributed by atoms with Crippen molar-refractivity contribution < 1.29 is 4.79 Å². The zero-order valence-electron chi connectivity index (χ0n) is 12.5. The smallest absolute Gasteiger partial charge is 0.236 e. The number of hydrogen-bond acceptors (Lipinski definition) is 5. The maximum atomic E-state index is 12.5. The largest absolute Gasteiger partial charge is 0.399 e. The highest BCUT2D eigenvalue weighted by molar-refractivity contribution is 7.15. The molecule has 1 aromatic carbocycles. The summed E-state index contributed by atoms with van der Waals surface area (Å²) in [5, 5.41) is 12.4. The Balaban J connectivity index is 2.12. The number of carbonyl (C=O) groups is 1. The molecule has 5 nitrogen and oxygen atoms in total. The Hall–Kier alpha value is -1.95. The summed E-state index contributed by atoms with van der Waals surface area (Å²) in [4.78, 5) is 12.5. The average Bonchev–Trinajstić information content (AvgIpc) is 2.87. The molecule has 21 heavy (non-hydrogen) atoms. The van der Waals surface area contributed by atoms with Crippen LogP contribution in [0, 0.1) is 0 Å². The number of nitrogens with one attached hydrogen (secondary N) is 1. The van der Waals surface area contributed by atoms with Crippen molar-refractivity contribution in [3.8, 4) is 0 Å². The maximum Gasteiger partial charge on any atom is 0.236 e. The Morgan fingerprint density at radius 3 is 2.57 bits per heavy atom. The molecule has 2 aromatic rings. The molecule has 0 bridgehead atoms. The molecule has 0 radical (unpaired) electrons. The third-order valence-electron chi connectivity index (χ3n) is 3.35. The summed E-state index contributed by atoms with van der Waals surface area (Å²) in [5.74, 6) is -0.105. The van der Waals surface area contributed by atoms with E-state index in [1.165, 1.54) is 11.3 Å². The highest BCUT2D eigenvalue weighted by Crippen LogP contribution is 2.27. The van der Waals surface area contributed by atoms with E-state index >= 15 is 0 Å². The van der Waals surface area contributed by atoms with Crippen LogP contribution in [0.1, 0.15) is 37.8 Å². The van der Waals surface area contributed by atoms with Crippen LogP contribution >= 0.6 is 11.3 Å². The summed E-state index contributed by atoms with van der Waals surface area (Å²) >= 11 is 1.43. The lowest BCUT2D eigenvalue weighted by Gasteiger charge is -2.23. The number of nitrogens with two attached hydrogens (primary N) is 1. The Morgan fingerprint density at radius 1 is 1.29 bits per heavy atom. The first kappa shape index (κ1) is 15.4. The van der Waals surface area contributed by atoms with E-state index in [4.69, 9.17) is 5.73 Å². The molecule has 0 atom stereocenters. The second-order valence-corrected chi connectivity index (χ2v) is 6.51. The van der Waals surface area contributed by atoms with Crippen molar-refractivity contribution in [1.82, 2.24) is 10.2 Å². The standard InChI is InChI=1S/C15H20N4OS/c1-4-5-12-18-19-14(21-12)17-13(20)15(2,3)10-6-8-11(16)9-7-10/h6-9H,4-5,16H2,1-3H3,(H,17,19,20). The number of carbonyl (C=O) groups excluding carboxylic acids is 1. The van der Waals surface area contributed by atoms with Crippen molar-refractivity contribution in [2.75, 3.05) is 11.1 Å². The topological polar surface area (TPSA) is 80.9 Å². The molecule has 112 valence electrons. The first-order valence-electron chi connectivity index (χ1n) is 6.93. The second kappa shape index (κ2) is 6.22. The van der Waals surface area contributed by atoms with Gasteiger partial charge in [-0.05, 0) is 38.0 Å². The lowest BCUT2D eigenvalue weighted by atomic mass is 9.83. The SMILES string of the molecule is CCCc1nnc(NC(=O)C(C)(C)c2ccc(N)cc2)s1. The minimum absolute atomic E-state index is 0.105. The van der Waals surface area contributed by atoms with Crippen molar-refractivity contribution >= 4 is 28.1 Å². The lowest BCUT2D eigenvalue weighted by Crippen LogP contribution is -2.34. The zero-order chi connectivity index (χ0) is 15.5. The van der Waals surface area contributed by atoms with Crippen LogP contribution in [-0.2, 0) is 16.6 Å². The van der Waals surface area contributed by atoms with Gasteiger partial charge < -0.3 is 5.73 Å². The van der Waals surface area contributed by atoms with E-state index in [0.29, 0.717) is 10.8 Å². The van der Waals surface area contributed by atoms with Crippen LogP contribution in [0.3, 0.4) is 0 Å². The number of amides is 1. The first-order chi connectivity index (χ1) is 9.93. The lowest BCUT2D eigenvalue weighted by molar-refractivity contribution is -0.120. The molecule has 0 saturated carbocycles. The predicted octanol–water partition coefficient (Wildman–Crippen LogP) is 2.99. The monoisotopic (exact) mass is 304 g/mol. The fourth-order valence-electron chi connectivity index (χ4n) is 1.90. The van der Waals surface area contributed by atoms with Crippen LogP contribution in [0.15, 0.2) is 24.3 Å². The molecular weight excluding hydrogens is 284 g/mol. The molecule has 0 fully saturated rings. The van der Waals surface area contributed by atoms with Crippen molar-refractivity contribution in [1.29, 1.82) is 0 Å². The van der Waals surface area contributed by atoms with Crippen LogP contribution in [-0.4, -0.2) is 16.1 Å². The molecule has 1 amide bonds. The van der Waals surface area contributed by atoms with Crippen molar-refractivity contribution in [3.63, 3.8) is 0 Å². The van der Waals surface area contributed by atoms with Gasteiger partial charge in [0.2, 0.25) is 11.0 Å². The van der Waals surface area contributed by atoms with Gasteiger partial charge in [0.1, 0.15) is 5.01 Å². The Morgan fingerprint density at radius 2 is 1.95 bits per heavy atom. The van der Waals surface area contributed by atoms with Gasteiger partial charge in [-0.3, -0.25) is 10.1 Å². The van der Waals surface area contributed by atoms with Crippen LogP contribution in [0.4, 0.5) is 10.8 Å². The fraction of sp³-hybridized carbons (Fsp3) is 0.400. The molecule has 6 heteroatoms. The molecule has 3 N–H and O–H groups in total. The Bertz CT molecular complexity index is 619. The van der Waals surface area contributed by atoms with E-state index in [9.17, 15) is 4.79 Å². The average molecular weight is 304 g/mol. The quantitative estimate of drug-likeness (QED) is 0.832. The second-order valence-electron chi connectivity index (χ2n) is 5.45. The minimum Gasteiger partial charge on any atom is -0.399 e. The number of anilines is 2. The van der Waals surface area contributed by atoms with Gasteiger partial charge in [-0.25, -0.2) is 0 Å². The van der Waals surface area contributed by atoms with Crippen LogP contribution < -0.4 is 11.1 Å². The number of aryl methyl sites for hydroxylation is 1. The molecular formula is C15H20N4OS. The van der Waals surface area contributed by atoms with Crippen LogP contribution in [0.5, 0.6) is 0 Å². The van der Waals surface area contributed by atoms with Gasteiger partial charge in [-0.2, -0.15) is 0 Å². The van der Waals surface area contributed by atoms with Crippen LogP contribution in [0.25, 0.3) is 0 Å². The highest BCUT2D eigenvalue weighted by Gasteiger charge is 2.30. The van der Waals surface area contributed by atoms with Gasteiger partial charge in [0.25, 0.3) is 0 Å². The summed E-state index contributed by atoms with van der Waals surface area (Å²) in [7, 11) is 0. The Labute approximate surface area is 128 Å². The number of nitrogen functional groups attached to an aromatic ring is 1. The number of benzene rings is 1. The van der Waals surface area contributed by atoms with Crippen molar-refractivity contribution in [3.05, 3.63) is 34.8 Å². The summed E-state index contributed by atoms with van der Waals surface area (Å²) in [6.07, 6.45) is 1.90. The van der Waals surface area contributed by atoms with Crippen molar-refractivity contribution in [2.45, 2.75) is 39.0 Å². The Kier molecular flexibility index (Phi) is 4.57. The predicted molar refractivity (Wildman–Crippen MR) is 86.4 cm³/mol. The number of nitrogens with zero attached hydrogens (tertiary/aromatic N) is 2. The molecule has 1 heterocycles. The fourth-order valence-corrected chi connectivity index (χ4v) is 2.74. The van der Waals surface area contributed by atoms with E-state index in [0.717, 1.165) is 23.4 Å². The van der Waals surface area contributed by atoms with Crippen molar-refractivity contribution in [2.24, 2.45) is 0 Å².